The van der Waals surface area contributed by atoms with Crippen LogP contribution in [0.25, 0.3) is 0 Å². The highest BCUT2D eigenvalue weighted by atomic mass is 35.5. The average molecular weight is 366 g/mol. The van der Waals surface area contributed by atoms with Gasteiger partial charge in [-0.1, -0.05) is 35.3 Å². The fourth-order valence-corrected chi connectivity index (χ4v) is 3.33. The van der Waals surface area contributed by atoms with Crippen molar-refractivity contribution < 1.29 is 19.0 Å². The lowest BCUT2D eigenvalue weighted by Crippen LogP contribution is -2.26. The topological polar surface area (TPSA) is 70.3 Å². The van der Waals surface area contributed by atoms with Crippen LogP contribution in [0.3, 0.4) is 0 Å². The Morgan fingerprint density at radius 1 is 1.25 bits per heavy atom. The Kier molecular flexibility index (Phi) is 3.90. The molecular formula is C17H10Cl2FNO3. The number of carbonyl (C=O) groups is 1. The molecule has 1 aliphatic carbocycles. The zero-order valence-electron chi connectivity index (χ0n) is 12.1. The lowest BCUT2D eigenvalue weighted by Gasteiger charge is -2.14. The van der Waals surface area contributed by atoms with E-state index in [2.05, 4.69) is 0 Å². The molecule has 0 aliphatic heterocycles. The summed E-state index contributed by atoms with van der Waals surface area (Å²) in [5, 5.41) is 18.1. The van der Waals surface area contributed by atoms with E-state index < -0.39 is 21.5 Å². The van der Waals surface area contributed by atoms with Crippen molar-refractivity contribution in [3.63, 3.8) is 0 Å². The van der Waals surface area contributed by atoms with Crippen LogP contribution in [0.15, 0.2) is 42.5 Å². The average Bonchev–Trinajstić information content (AvgIpc) is 3.14. The summed E-state index contributed by atoms with van der Waals surface area (Å²) < 4.78 is 17.9. The molecule has 3 rings (SSSR count). The number of benzene rings is 2. The standard InChI is InChI=1S/C17H10Cl2FNO3/c18-17(19)9-16(17,15(22)23)11-2-4-12(5-3-11)24-14-6-1-10(8-21)7-13(14)20/h1-7H,9H2,(H,22,23). The zero-order chi connectivity index (χ0) is 17.5. The predicted octanol–water partition coefficient (Wildman–Crippen LogP) is 4.39. The molecule has 1 fully saturated rings. The molecule has 2 aromatic carbocycles. The van der Waals surface area contributed by atoms with Crippen molar-refractivity contribution in [2.75, 3.05) is 0 Å². The summed E-state index contributed by atoms with van der Waals surface area (Å²) in [6.45, 7) is 0. The van der Waals surface area contributed by atoms with Crippen LogP contribution in [0.4, 0.5) is 4.39 Å². The number of hydrogen-bond donors (Lipinski definition) is 1. The van der Waals surface area contributed by atoms with E-state index in [0.717, 1.165) is 6.07 Å². The quantitative estimate of drug-likeness (QED) is 0.815. The van der Waals surface area contributed by atoms with Crippen molar-refractivity contribution >= 4 is 29.2 Å². The van der Waals surface area contributed by atoms with Gasteiger partial charge in [0, 0.05) is 6.42 Å². The zero-order valence-corrected chi connectivity index (χ0v) is 13.6. The molecule has 1 unspecified atom stereocenters. The molecule has 122 valence electrons. The van der Waals surface area contributed by atoms with Gasteiger partial charge in [-0.3, -0.25) is 4.79 Å². The number of carboxylic acid groups (broad SMARTS) is 1. The molecule has 0 amide bonds. The van der Waals surface area contributed by atoms with Gasteiger partial charge in [-0.2, -0.15) is 5.26 Å². The number of alkyl halides is 2. The summed E-state index contributed by atoms with van der Waals surface area (Å²) in [5.74, 6) is -1.48. The van der Waals surface area contributed by atoms with E-state index in [1.54, 1.807) is 0 Å². The molecule has 1 saturated carbocycles. The third kappa shape index (κ3) is 2.58. The van der Waals surface area contributed by atoms with E-state index in [0.29, 0.717) is 11.3 Å². The van der Waals surface area contributed by atoms with Gasteiger partial charge in [-0.15, -0.1) is 0 Å². The summed E-state index contributed by atoms with van der Waals surface area (Å²) >= 11 is 12.0. The van der Waals surface area contributed by atoms with Gasteiger partial charge < -0.3 is 9.84 Å². The summed E-state index contributed by atoms with van der Waals surface area (Å²) in [7, 11) is 0. The smallest absolute Gasteiger partial charge is 0.317 e. The number of aliphatic carboxylic acids is 1. The van der Waals surface area contributed by atoms with E-state index >= 15 is 0 Å². The molecule has 1 N–H and O–H groups in total. The monoisotopic (exact) mass is 365 g/mol. The molecule has 0 spiro atoms. The SMILES string of the molecule is N#Cc1ccc(Oc2ccc(C3(C(=O)O)CC3(Cl)Cl)cc2)c(F)c1. The Morgan fingerprint density at radius 2 is 1.88 bits per heavy atom. The predicted molar refractivity (Wildman–Crippen MR) is 86.0 cm³/mol. The molecule has 1 aliphatic rings. The van der Waals surface area contributed by atoms with Gasteiger partial charge in [0.2, 0.25) is 0 Å². The first-order valence-corrected chi connectivity index (χ1v) is 7.65. The molecule has 0 radical (unpaired) electrons. The first-order chi connectivity index (χ1) is 11.3. The van der Waals surface area contributed by atoms with E-state index in [1.807, 2.05) is 6.07 Å². The van der Waals surface area contributed by atoms with Crippen molar-refractivity contribution in [1.29, 1.82) is 5.26 Å². The molecule has 2 aromatic rings. The first-order valence-electron chi connectivity index (χ1n) is 6.89. The Labute approximate surface area is 147 Å². The number of carboxylic acids is 1. The molecular weight excluding hydrogens is 356 g/mol. The van der Waals surface area contributed by atoms with Gasteiger partial charge in [0.25, 0.3) is 0 Å². The third-order valence-electron chi connectivity index (χ3n) is 3.99. The largest absolute Gasteiger partial charge is 0.480 e. The highest BCUT2D eigenvalue weighted by Crippen LogP contribution is 2.65. The van der Waals surface area contributed by atoms with Gasteiger partial charge in [-0.25, -0.2) is 4.39 Å². The van der Waals surface area contributed by atoms with Gasteiger partial charge in [0.15, 0.2) is 11.6 Å². The normalized spacial score (nSPS) is 20.9. The maximum absolute atomic E-state index is 13.8. The van der Waals surface area contributed by atoms with Gasteiger partial charge in [0.1, 0.15) is 15.5 Å². The fourth-order valence-electron chi connectivity index (χ4n) is 2.55. The van der Waals surface area contributed by atoms with Crippen LogP contribution in [-0.4, -0.2) is 15.4 Å². The number of hydrogen-bond acceptors (Lipinski definition) is 3. The lowest BCUT2D eigenvalue weighted by atomic mass is 9.96. The van der Waals surface area contributed by atoms with Crippen molar-refractivity contribution in [3.05, 3.63) is 59.4 Å². The number of ether oxygens (including phenoxy) is 1. The van der Waals surface area contributed by atoms with Crippen molar-refractivity contribution in [1.82, 2.24) is 0 Å². The van der Waals surface area contributed by atoms with E-state index in [-0.39, 0.29) is 17.7 Å². The van der Waals surface area contributed by atoms with Crippen molar-refractivity contribution in [2.45, 2.75) is 16.2 Å². The molecule has 4 nitrogen and oxygen atoms in total. The highest BCUT2D eigenvalue weighted by Gasteiger charge is 2.72. The maximum atomic E-state index is 13.8. The van der Waals surface area contributed by atoms with Crippen LogP contribution in [-0.2, 0) is 10.2 Å². The van der Waals surface area contributed by atoms with E-state index in [1.165, 1.54) is 36.4 Å². The number of nitriles is 1. The summed E-state index contributed by atoms with van der Waals surface area (Å²) in [4.78, 5) is 11.5. The second-order valence-corrected chi connectivity index (χ2v) is 6.96. The summed E-state index contributed by atoms with van der Waals surface area (Å²) in [6, 6.07) is 11.8. The molecule has 24 heavy (non-hydrogen) atoms. The first kappa shape index (κ1) is 16.6. The van der Waals surface area contributed by atoms with Crippen LogP contribution in [0.1, 0.15) is 17.5 Å². The van der Waals surface area contributed by atoms with Crippen LogP contribution in [0.2, 0.25) is 0 Å². The Hall–Kier alpha value is -2.29. The van der Waals surface area contributed by atoms with Gasteiger partial charge in [0.05, 0.1) is 11.6 Å². The lowest BCUT2D eigenvalue weighted by molar-refractivity contribution is -0.140. The van der Waals surface area contributed by atoms with Gasteiger partial charge >= 0.3 is 5.97 Å². The molecule has 7 heteroatoms. The number of nitrogens with zero attached hydrogens (tertiary/aromatic N) is 1. The Morgan fingerprint density at radius 3 is 2.33 bits per heavy atom. The molecule has 1 atom stereocenters. The van der Waals surface area contributed by atoms with E-state index in [9.17, 15) is 14.3 Å². The number of rotatable bonds is 4. The highest BCUT2D eigenvalue weighted by molar-refractivity contribution is 6.54. The minimum Gasteiger partial charge on any atom is -0.480 e. The molecule has 0 saturated heterocycles. The second kappa shape index (κ2) is 5.66. The van der Waals surface area contributed by atoms with Crippen LogP contribution < -0.4 is 4.74 Å². The third-order valence-corrected chi connectivity index (χ3v) is 4.90. The maximum Gasteiger partial charge on any atom is 0.317 e. The second-order valence-electron chi connectivity index (χ2n) is 5.48. The Bertz CT molecular complexity index is 861. The van der Waals surface area contributed by atoms with Crippen LogP contribution >= 0.6 is 23.2 Å². The van der Waals surface area contributed by atoms with Gasteiger partial charge in [-0.05, 0) is 35.9 Å². The van der Waals surface area contributed by atoms with Crippen molar-refractivity contribution in [3.8, 4) is 17.6 Å². The van der Waals surface area contributed by atoms with Crippen LogP contribution in [0.5, 0.6) is 11.5 Å². The van der Waals surface area contributed by atoms with Crippen molar-refractivity contribution in [2.24, 2.45) is 0 Å². The van der Waals surface area contributed by atoms with E-state index in [4.69, 9.17) is 33.2 Å². The number of halogens is 3. The Balaban J connectivity index is 1.84. The fraction of sp³-hybridized carbons (Fsp3) is 0.176. The minimum absolute atomic E-state index is 0.0369. The minimum atomic E-state index is -1.35. The summed E-state index contributed by atoms with van der Waals surface area (Å²) in [6.07, 6.45) is 0.114. The van der Waals surface area contributed by atoms with Crippen LogP contribution in [0, 0.1) is 17.1 Å². The molecule has 0 bridgehead atoms. The molecule has 0 heterocycles. The molecule has 0 aromatic heterocycles. The summed E-state index contributed by atoms with van der Waals surface area (Å²) in [5.41, 5.74) is -0.700.